The first kappa shape index (κ1) is 20.1. The number of nitrogens with one attached hydrogen (secondary N) is 1. The molecule has 0 radical (unpaired) electrons. The van der Waals surface area contributed by atoms with E-state index in [1.807, 2.05) is 13.0 Å². The number of aliphatic hydroxyl groups is 4. The van der Waals surface area contributed by atoms with Gasteiger partial charge >= 0.3 is 0 Å². The van der Waals surface area contributed by atoms with Crippen molar-refractivity contribution in [2.24, 2.45) is 0 Å². The van der Waals surface area contributed by atoms with E-state index in [2.05, 4.69) is 10.5 Å². The molecule has 0 aromatic carbocycles. The fourth-order valence-electron chi connectivity index (χ4n) is 2.45. The normalized spacial score (nSPS) is 29.7. The Balaban J connectivity index is 1.59. The highest BCUT2D eigenvalue weighted by Gasteiger charge is 2.43. The van der Waals surface area contributed by atoms with Crippen LogP contribution in [0.5, 0.6) is 0 Å². The van der Waals surface area contributed by atoms with E-state index in [4.69, 9.17) is 19.4 Å². The summed E-state index contributed by atoms with van der Waals surface area (Å²) in [4.78, 5) is 9.40. The van der Waals surface area contributed by atoms with Crippen molar-refractivity contribution < 1.29 is 34.7 Å². The van der Waals surface area contributed by atoms with Crippen LogP contribution in [0.15, 0.2) is 18.5 Å². The van der Waals surface area contributed by atoms with Crippen LogP contribution >= 0.6 is 0 Å². The van der Waals surface area contributed by atoms with Crippen molar-refractivity contribution in [3.8, 4) is 0 Å². The fourth-order valence-corrected chi connectivity index (χ4v) is 2.45. The number of aryl methyl sites for hydroxylation is 1. The third-order valence-electron chi connectivity index (χ3n) is 3.83. The van der Waals surface area contributed by atoms with E-state index in [9.17, 15) is 15.3 Å². The van der Waals surface area contributed by atoms with Gasteiger partial charge in [0, 0.05) is 18.9 Å². The monoisotopic (exact) mass is 358 g/mol. The Kier molecular flexibility index (Phi) is 8.13. The Morgan fingerprint density at radius 3 is 2.72 bits per heavy atom. The lowest BCUT2D eigenvalue weighted by Gasteiger charge is -2.39. The van der Waals surface area contributed by atoms with Crippen LogP contribution in [0.3, 0.4) is 0 Å². The lowest BCUT2D eigenvalue weighted by atomic mass is 9.99. The minimum absolute atomic E-state index is 0.241. The summed E-state index contributed by atoms with van der Waals surface area (Å²) in [6.07, 6.45) is -2.18. The average Bonchev–Trinajstić information content (AvgIpc) is 2.60. The van der Waals surface area contributed by atoms with E-state index in [0.717, 1.165) is 11.1 Å². The first-order chi connectivity index (χ1) is 12.0. The fraction of sp³-hybridized carbons (Fsp3) is 0.688. The van der Waals surface area contributed by atoms with Gasteiger partial charge in [0.15, 0.2) is 6.29 Å². The van der Waals surface area contributed by atoms with E-state index in [0.29, 0.717) is 19.6 Å². The van der Waals surface area contributed by atoms with Crippen LogP contribution in [-0.4, -0.2) is 75.9 Å². The maximum atomic E-state index is 9.82. The predicted octanol–water partition coefficient (Wildman–Crippen LogP) is -1.38. The van der Waals surface area contributed by atoms with E-state index < -0.39 is 37.3 Å². The number of aliphatic hydroxyl groups excluding tert-OH is 4. The molecular formula is C16H26N2O7. The zero-order valence-electron chi connectivity index (χ0n) is 14.1. The lowest BCUT2D eigenvalue weighted by molar-refractivity contribution is -0.301. The molecule has 5 N–H and O–H groups in total. The molecule has 0 saturated carbocycles. The van der Waals surface area contributed by atoms with Crippen molar-refractivity contribution in [2.45, 2.75) is 50.7 Å². The lowest BCUT2D eigenvalue weighted by Crippen LogP contribution is -2.59. The molecule has 1 fully saturated rings. The molecule has 1 aliphatic heterocycles. The van der Waals surface area contributed by atoms with E-state index in [1.54, 1.807) is 12.4 Å². The number of ether oxygens (including phenoxy) is 2. The van der Waals surface area contributed by atoms with Crippen LogP contribution in [-0.2, 0) is 20.9 Å². The highest BCUT2D eigenvalue weighted by atomic mass is 16.7. The molecule has 2 heterocycles. The summed E-state index contributed by atoms with van der Waals surface area (Å²) in [5.41, 5.74) is 4.82. The van der Waals surface area contributed by atoms with Crippen molar-refractivity contribution in [1.82, 2.24) is 10.5 Å². The Morgan fingerprint density at radius 1 is 1.20 bits per heavy atom. The molecule has 2 unspecified atom stereocenters. The van der Waals surface area contributed by atoms with Gasteiger partial charge in [0.1, 0.15) is 24.4 Å². The second-order valence-electron chi connectivity index (χ2n) is 5.98. The molecule has 0 amide bonds. The number of rotatable bonds is 9. The smallest absolute Gasteiger partial charge is 0.186 e. The quantitative estimate of drug-likeness (QED) is 0.267. The van der Waals surface area contributed by atoms with Gasteiger partial charge in [-0.05, 0) is 24.5 Å². The Morgan fingerprint density at radius 2 is 2.00 bits per heavy atom. The highest BCUT2D eigenvalue weighted by molar-refractivity contribution is 5.15. The van der Waals surface area contributed by atoms with Gasteiger partial charge in [-0.1, -0.05) is 6.07 Å². The minimum Gasteiger partial charge on any atom is -0.394 e. The summed E-state index contributed by atoms with van der Waals surface area (Å²) >= 11 is 0. The summed E-state index contributed by atoms with van der Waals surface area (Å²) in [6, 6.07) is 1.98. The van der Waals surface area contributed by atoms with Gasteiger partial charge < -0.3 is 29.9 Å². The van der Waals surface area contributed by atoms with Gasteiger partial charge in [0.05, 0.1) is 19.8 Å². The zero-order valence-corrected chi connectivity index (χ0v) is 14.1. The minimum atomic E-state index is -1.43. The topological polar surface area (TPSA) is 134 Å². The standard InChI is InChI=1S/C16H26N2O7/c1-10-5-11(7-17-6-10)9-24-18-3-2-4-23-16-15(22)14(21)13(20)12(8-19)25-16/h5-7,12-16,18-22H,2-4,8-9H2,1H3/t12?,13-,14-,15?,16+/m1/s1. The van der Waals surface area contributed by atoms with E-state index in [-0.39, 0.29) is 6.61 Å². The van der Waals surface area contributed by atoms with Gasteiger partial charge in [-0.15, -0.1) is 0 Å². The number of aromatic nitrogens is 1. The van der Waals surface area contributed by atoms with Crippen LogP contribution in [0.4, 0.5) is 0 Å². The summed E-state index contributed by atoms with van der Waals surface area (Å²) < 4.78 is 10.6. The molecule has 9 heteroatoms. The Hall–Kier alpha value is -1.17. The molecular weight excluding hydrogens is 332 g/mol. The molecule has 1 aliphatic rings. The number of hydrogen-bond acceptors (Lipinski definition) is 9. The first-order valence-electron chi connectivity index (χ1n) is 8.20. The molecule has 1 aromatic rings. The third-order valence-corrected chi connectivity index (χ3v) is 3.83. The van der Waals surface area contributed by atoms with Crippen molar-refractivity contribution in [1.29, 1.82) is 0 Å². The van der Waals surface area contributed by atoms with Crippen LogP contribution in [0.2, 0.25) is 0 Å². The summed E-state index contributed by atoms with van der Waals surface area (Å²) in [5.74, 6) is 0. The molecule has 142 valence electrons. The second-order valence-corrected chi connectivity index (χ2v) is 5.98. The van der Waals surface area contributed by atoms with Crippen LogP contribution in [0.1, 0.15) is 17.5 Å². The van der Waals surface area contributed by atoms with Crippen LogP contribution in [0.25, 0.3) is 0 Å². The van der Waals surface area contributed by atoms with Crippen molar-refractivity contribution in [2.75, 3.05) is 19.8 Å². The molecule has 25 heavy (non-hydrogen) atoms. The van der Waals surface area contributed by atoms with Gasteiger partial charge in [-0.2, -0.15) is 0 Å². The van der Waals surface area contributed by atoms with Gasteiger partial charge in [-0.3, -0.25) is 9.82 Å². The van der Waals surface area contributed by atoms with Gasteiger partial charge in [0.25, 0.3) is 0 Å². The number of pyridine rings is 1. The van der Waals surface area contributed by atoms with E-state index in [1.165, 1.54) is 0 Å². The molecule has 0 spiro atoms. The average molecular weight is 358 g/mol. The molecule has 9 nitrogen and oxygen atoms in total. The van der Waals surface area contributed by atoms with Crippen LogP contribution < -0.4 is 5.48 Å². The SMILES string of the molecule is Cc1cncc(CONCCCO[C@H]2OC(CO)[C@@H](O)[C@@H](O)C2O)c1. The molecule has 1 saturated heterocycles. The van der Waals surface area contributed by atoms with Crippen LogP contribution in [0, 0.1) is 6.92 Å². The number of hydrogen-bond donors (Lipinski definition) is 5. The van der Waals surface area contributed by atoms with Crippen molar-refractivity contribution in [3.05, 3.63) is 29.6 Å². The summed E-state index contributed by atoms with van der Waals surface area (Å²) in [7, 11) is 0. The van der Waals surface area contributed by atoms with E-state index >= 15 is 0 Å². The van der Waals surface area contributed by atoms with Crippen molar-refractivity contribution in [3.63, 3.8) is 0 Å². The zero-order chi connectivity index (χ0) is 18.2. The Bertz CT molecular complexity index is 517. The molecule has 5 atom stereocenters. The highest BCUT2D eigenvalue weighted by Crippen LogP contribution is 2.21. The third kappa shape index (κ3) is 5.94. The Labute approximate surface area is 146 Å². The number of hydroxylamine groups is 1. The maximum Gasteiger partial charge on any atom is 0.186 e. The second kappa shape index (κ2) is 10.1. The maximum absolute atomic E-state index is 9.82. The largest absolute Gasteiger partial charge is 0.394 e. The summed E-state index contributed by atoms with van der Waals surface area (Å²) in [5, 5.41) is 38.3. The van der Waals surface area contributed by atoms with Gasteiger partial charge in [-0.25, -0.2) is 5.48 Å². The number of nitrogens with zero attached hydrogens (tertiary/aromatic N) is 1. The molecule has 1 aromatic heterocycles. The summed E-state index contributed by atoms with van der Waals surface area (Å²) in [6.45, 7) is 2.62. The van der Waals surface area contributed by atoms with Gasteiger partial charge in [0.2, 0.25) is 0 Å². The molecule has 2 rings (SSSR count). The first-order valence-corrected chi connectivity index (χ1v) is 8.20. The molecule has 0 bridgehead atoms. The molecule has 0 aliphatic carbocycles. The predicted molar refractivity (Wildman–Crippen MR) is 86.1 cm³/mol. The van der Waals surface area contributed by atoms with Crippen molar-refractivity contribution >= 4 is 0 Å².